The molecular weight excluding hydrogens is 1120 g/mol. The van der Waals surface area contributed by atoms with Crippen molar-refractivity contribution in [3.05, 3.63) is 116 Å². The van der Waals surface area contributed by atoms with Crippen molar-refractivity contribution >= 4 is 58.9 Å². The fraction of sp³-hybridized carbons (Fsp3) is 0.567. The third-order valence-electron chi connectivity index (χ3n) is 14.7. The molecule has 0 aliphatic carbocycles. The summed E-state index contributed by atoms with van der Waals surface area (Å²) in [6.45, 7) is 17.3. The van der Waals surface area contributed by atoms with Crippen LogP contribution < -0.4 is 0 Å². The predicted octanol–water partition coefficient (Wildman–Crippen LogP) is 5.97. The Balaban J connectivity index is 1.60. The van der Waals surface area contributed by atoms with E-state index in [-0.39, 0.29) is 86.7 Å². The summed E-state index contributed by atoms with van der Waals surface area (Å²) in [5.74, 6) is -8.31. The van der Waals surface area contributed by atoms with Gasteiger partial charge in [-0.05, 0) is 85.5 Å². The van der Waals surface area contributed by atoms with Crippen LogP contribution in [0.3, 0.4) is 0 Å². The Bertz CT molecular complexity index is 3050. The SMILES string of the molecule is CC(C)C[C@H]1C(=O)O[C@H](Cc2cccc(Cn3cc([N+](=O)[O-])cn3)c2)C(=O)N(C)[C@@H](CC(C)C)C(=O)O[C@H](C)C(=O)N(C)[C@@H](CC(C)C)C(=O)O[C@H](Cc2ccc(Cn3cc([N+](=O)[O-])cn3)cc2)C(=O)N(C)[C@@H](CC(C)C)C(=O)O[C@H](C)C(=O)N1C. The third kappa shape index (κ3) is 18.7. The summed E-state index contributed by atoms with van der Waals surface area (Å²) >= 11 is 0. The Morgan fingerprint density at radius 1 is 0.453 bits per heavy atom. The first-order chi connectivity index (χ1) is 40.3. The third-order valence-corrected chi connectivity index (χ3v) is 14.7. The van der Waals surface area contributed by atoms with Crippen molar-refractivity contribution in [2.75, 3.05) is 28.2 Å². The van der Waals surface area contributed by atoms with Crippen LogP contribution in [0.2, 0.25) is 0 Å². The first kappa shape index (κ1) is 68.2. The molecule has 0 unspecified atom stereocenters. The normalized spacial score (nSPS) is 22.3. The molecule has 26 nitrogen and oxygen atoms in total. The molecule has 0 bridgehead atoms. The molecule has 1 aliphatic rings. The summed E-state index contributed by atoms with van der Waals surface area (Å²) in [5.41, 5.74) is 1.86. The quantitative estimate of drug-likeness (QED) is 0.0479. The number of benzene rings is 2. The Hall–Kier alpha value is -8.58. The molecule has 1 saturated heterocycles. The lowest BCUT2D eigenvalue weighted by atomic mass is 9.99. The van der Waals surface area contributed by atoms with E-state index in [1.54, 1.807) is 104 Å². The lowest BCUT2D eigenvalue weighted by Crippen LogP contribution is -2.55. The van der Waals surface area contributed by atoms with Gasteiger partial charge in [0.2, 0.25) is 0 Å². The summed E-state index contributed by atoms with van der Waals surface area (Å²) in [5, 5.41) is 30.8. The Labute approximate surface area is 500 Å². The minimum atomic E-state index is -1.66. The highest BCUT2D eigenvalue weighted by Gasteiger charge is 2.43. The number of nitrogens with zero attached hydrogens (tertiary/aromatic N) is 10. The second-order valence-corrected chi connectivity index (χ2v) is 23.7. The zero-order valence-corrected chi connectivity index (χ0v) is 51.5. The lowest BCUT2D eigenvalue weighted by Gasteiger charge is -2.35. The molecule has 26 heteroatoms. The van der Waals surface area contributed by atoms with E-state index in [0.717, 1.165) is 32.0 Å². The number of hydrogen-bond donors (Lipinski definition) is 0. The highest BCUT2D eigenvalue weighted by Crippen LogP contribution is 2.25. The van der Waals surface area contributed by atoms with Gasteiger partial charge >= 0.3 is 35.3 Å². The maximum Gasteiger partial charge on any atom is 0.329 e. The maximum atomic E-state index is 15.1. The topological polar surface area (TPSA) is 308 Å². The molecule has 86 heavy (non-hydrogen) atoms. The number of hydrogen-bond acceptors (Lipinski definition) is 18. The Morgan fingerprint density at radius 3 is 1.12 bits per heavy atom. The number of esters is 4. The molecule has 0 N–H and O–H groups in total. The van der Waals surface area contributed by atoms with Crippen LogP contribution in [0.25, 0.3) is 0 Å². The van der Waals surface area contributed by atoms with Gasteiger partial charge in [0.1, 0.15) is 49.0 Å². The molecule has 1 aliphatic heterocycles. The van der Waals surface area contributed by atoms with Crippen molar-refractivity contribution in [3.63, 3.8) is 0 Å². The first-order valence-corrected chi connectivity index (χ1v) is 28.7. The van der Waals surface area contributed by atoms with E-state index in [4.69, 9.17) is 18.9 Å². The van der Waals surface area contributed by atoms with Crippen LogP contribution in [0.4, 0.5) is 11.4 Å². The second kappa shape index (κ2) is 30.5. The Morgan fingerprint density at radius 2 is 0.767 bits per heavy atom. The molecular formula is C60H82N10O16. The van der Waals surface area contributed by atoms with E-state index >= 15 is 9.59 Å². The standard InChI is InChI=1S/C60H82N10O16/c1-35(2)22-47-57(75)83-40(10)54(72)64(12)50(25-38(7)8)60(78)86-52(28-43-16-15-17-44(26-43)32-68-34-46(30-62-68)70(81)82)56(74)66(14)48(23-36(3)4)58(76)84-39(9)53(71)63(11)49(24-37(5)6)59(77)85-51(55(73)65(47)13)27-41-18-20-42(21-19-41)31-67-33-45(29-61-67)69(79)80/h15-21,26,29-30,33-40,47-52H,22-25,27-28,31-32H2,1-14H3/t39-,40-,47+,48+,49+,50+,51-,52-/m1/s1. The number of carbonyl (C=O) groups is 8. The van der Waals surface area contributed by atoms with Crippen LogP contribution in [0.1, 0.15) is 117 Å². The van der Waals surface area contributed by atoms with Crippen LogP contribution in [0.15, 0.2) is 73.3 Å². The number of aromatic nitrogens is 4. The van der Waals surface area contributed by atoms with Crippen molar-refractivity contribution in [2.45, 2.75) is 169 Å². The van der Waals surface area contributed by atoms with Gasteiger partial charge in [0.25, 0.3) is 23.6 Å². The zero-order chi connectivity index (χ0) is 64.0. The fourth-order valence-electron chi connectivity index (χ4n) is 9.99. The highest BCUT2D eigenvalue weighted by molar-refractivity contribution is 5.94. The molecule has 1 fully saturated rings. The molecule has 0 radical (unpaired) electrons. The van der Waals surface area contributed by atoms with E-state index in [1.165, 1.54) is 63.8 Å². The number of ether oxygens (including phenoxy) is 4. The molecule has 2 aromatic carbocycles. The van der Waals surface area contributed by atoms with Crippen LogP contribution in [0.5, 0.6) is 0 Å². The van der Waals surface area contributed by atoms with Gasteiger partial charge in [-0.1, -0.05) is 104 Å². The van der Waals surface area contributed by atoms with Crippen molar-refractivity contribution in [2.24, 2.45) is 23.7 Å². The molecule has 2 aromatic heterocycles. The van der Waals surface area contributed by atoms with E-state index < -0.39 is 106 Å². The summed E-state index contributed by atoms with van der Waals surface area (Å²) in [4.78, 5) is 144. The number of likely N-dealkylation sites (N-methyl/N-ethyl adjacent to an activating group) is 4. The van der Waals surface area contributed by atoms with Crippen LogP contribution in [-0.2, 0) is 83.2 Å². The minimum absolute atomic E-state index is 0.00977. The number of cyclic esters (lactones) is 4. The Kier molecular flexibility index (Phi) is 24.2. The van der Waals surface area contributed by atoms with E-state index in [2.05, 4.69) is 10.2 Å². The number of carbonyl (C=O) groups excluding carboxylic acids is 8. The van der Waals surface area contributed by atoms with Crippen LogP contribution >= 0.6 is 0 Å². The number of nitro groups is 2. The largest absolute Gasteiger partial charge is 0.451 e. The van der Waals surface area contributed by atoms with Crippen molar-refractivity contribution in [1.82, 2.24) is 39.2 Å². The lowest BCUT2D eigenvalue weighted by molar-refractivity contribution is -0.385. The van der Waals surface area contributed by atoms with E-state index in [1.807, 2.05) is 0 Å². The smallest absolute Gasteiger partial charge is 0.329 e. The van der Waals surface area contributed by atoms with Gasteiger partial charge in [0.15, 0.2) is 24.4 Å². The molecule has 0 spiro atoms. The van der Waals surface area contributed by atoms with Crippen molar-refractivity contribution < 1.29 is 67.2 Å². The summed E-state index contributed by atoms with van der Waals surface area (Å²) in [6.07, 6.45) is -2.09. The molecule has 468 valence electrons. The van der Waals surface area contributed by atoms with Crippen molar-refractivity contribution in [3.8, 4) is 0 Å². The van der Waals surface area contributed by atoms with Gasteiger partial charge in [0, 0.05) is 41.0 Å². The minimum Gasteiger partial charge on any atom is -0.451 e. The van der Waals surface area contributed by atoms with Gasteiger partial charge in [-0.25, -0.2) is 19.2 Å². The molecule has 3 heterocycles. The number of rotatable bonds is 18. The number of amides is 4. The first-order valence-electron chi connectivity index (χ1n) is 28.7. The fourth-order valence-corrected chi connectivity index (χ4v) is 9.99. The predicted molar refractivity (Wildman–Crippen MR) is 311 cm³/mol. The van der Waals surface area contributed by atoms with Gasteiger partial charge in [-0.15, -0.1) is 0 Å². The van der Waals surface area contributed by atoms with Crippen LogP contribution in [0, 0.1) is 43.9 Å². The molecule has 4 aromatic rings. The molecule has 0 saturated carbocycles. The van der Waals surface area contributed by atoms with Crippen molar-refractivity contribution in [1.29, 1.82) is 0 Å². The summed E-state index contributed by atoms with van der Waals surface area (Å²) in [6, 6.07) is 8.08. The van der Waals surface area contributed by atoms with Gasteiger partial charge in [-0.2, -0.15) is 10.2 Å². The zero-order valence-electron chi connectivity index (χ0n) is 51.5. The molecule has 4 amide bonds. The van der Waals surface area contributed by atoms with Gasteiger partial charge in [0.05, 0.1) is 22.9 Å². The summed E-state index contributed by atoms with van der Waals surface area (Å²) < 4.78 is 26.8. The average molecular weight is 1200 g/mol. The monoisotopic (exact) mass is 1200 g/mol. The second-order valence-electron chi connectivity index (χ2n) is 23.7. The molecule has 5 rings (SSSR count). The van der Waals surface area contributed by atoms with Gasteiger partial charge in [-0.3, -0.25) is 48.8 Å². The summed E-state index contributed by atoms with van der Waals surface area (Å²) in [7, 11) is 5.33. The maximum absolute atomic E-state index is 15.1. The van der Waals surface area contributed by atoms with E-state index in [9.17, 15) is 49.0 Å². The average Bonchev–Trinajstić information content (AvgIpc) is 3.68. The molecule has 8 atom stereocenters. The highest BCUT2D eigenvalue weighted by atomic mass is 16.6. The van der Waals surface area contributed by atoms with Gasteiger partial charge < -0.3 is 38.5 Å². The van der Waals surface area contributed by atoms with E-state index in [0.29, 0.717) is 22.3 Å². The van der Waals surface area contributed by atoms with Crippen LogP contribution in [-0.4, -0.2) is 173 Å².